The molecule has 0 aliphatic heterocycles. The van der Waals surface area contributed by atoms with E-state index in [-0.39, 0.29) is 11.5 Å². The lowest BCUT2D eigenvalue weighted by molar-refractivity contribution is -0.0247. The number of ether oxygens (including phenoxy) is 1. The highest BCUT2D eigenvalue weighted by molar-refractivity contribution is 5.38. The Bertz CT molecular complexity index is 730. The van der Waals surface area contributed by atoms with Gasteiger partial charge in [-0.15, -0.1) is 0 Å². The van der Waals surface area contributed by atoms with Gasteiger partial charge in [0.05, 0.1) is 23.9 Å². The van der Waals surface area contributed by atoms with Gasteiger partial charge in [0.1, 0.15) is 0 Å². The fraction of sp³-hybridized carbons (Fsp3) is 0.786. The van der Waals surface area contributed by atoms with E-state index in [0.29, 0.717) is 30.6 Å². The Morgan fingerprint density at radius 1 is 1.25 bits per heavy atom. The van der Waals surface area contributed by atoms with Gasteiger partial charge >= 0.3 is 0 Å². The summed E-state index contributed by atoms with van der Waals surface area (Å²) in [5, 5.41) is 30.4. The Morgan fingerprint density at radius 3 is 2.62 bits per heavy atom. The van der Waals surface area contributed by atoms with Crippen LogP contribution < -0.4 is 0 Å². The van der Waals surface area contributed by atoms with Crippen molar-refractivity contribution >= 4 is 0 Å². The molecule has 0 bridgehead atoms. The highest BCUT2D eigenvalue weighted by Gasteiger charge is 2.51. The second kappa shape index (κ2) is 10.1. The Morgan fingerprint density at radius 2 is 1.97 bits per heavy atom. The van der Waals surface area contributed by atoms with Crippen LogP contribution in [0.4, 0.5) is 0 Å². The summed E-state index contributed by atoms with van der Waals surface area (Å²) in [6, 6.07) is 0. The molecule has 4 heteroatoms. The van der Waals surface area contributed by atoms with Crippen LogP contribution in [-0.4, -0.2) is 46.3 Å². The van der Waals surface area contributed by atoms with E-state index in [2.05, 4.69) is 32.6 Å². The quantitative estimate of drug-likeness (QED) is 0.494. The summed E-state index contributed by atoms with van der Waals surface area (Å²) >= 11 is 0. The first-order valence-electron chi connectivity index (χ1n) is 12.7. The number of hydrogen-bond donors (Lipinski definition) is 3. The predicted octanol–water partition coefficient (Wildman–Crippen LogP) is 5.33. The molecular formula is C28H46O4. The van der Waals surface area contributed by atoms with Crippen LogP contribution in [0.5, 0.6) is 0 Å². The molecule has 3 N–H and O–H groups in total. The minimum absolute atomic E-state index is 0.173. The summed E-state index contributed by atoms with van der Waals surface area (Å²) in [6.07, 6.45) is 12.1. The van der Waals surface area contributed by atoms with E-state index in [4.69, 9.17) is 4.74 Å². The van der Waals surface area contributed by atoms with Crippen molar-refractivity contribution in [2.45, 2.75) is 109 Å². The first kappa shape index (κ1) is 25.7. The summed E-state index contributed by atoms with van der Waals surface area (Å²) in [7, 11) is 1.82. The van der Waals surface area contributed by atoms with Crippen molar-refractivity contribution in [3.8, 4) is 0 Å². The SMILES string of the molecule is C=C1C(=CC=C2CCC[C@@]3(C)C2CC[C@@H]3[C@H](C)[C@@H](CCC(C)(C)O)OC)C[C@@H](O)C[C@@H]1O. The second-order valence-electron chi connectivity index (χ2n) is 11.6. The molecule has 3 saturated carbocycles. The lowest BCUT2D eigenvalue weighted by atomic mass is 9.60. The summed E-state index contributed by atoms with van der Waals surface area (Å²) in [4.78, 5) is 0. The molecule has 3 aliphatic rings. The zero-order valence-corrected chi connectivity index (χ0v) is 20.9. The zero-order valence-electron chi connectivity index (χ0n) is 20.9. The van der Waals surface area contributed by atoms with Crippen LogP contribution in [0.15, 0.2) is 35.5 Å². The van der Waals surface area contributed by atoms with E-state index < -0.39 is 17.8 Å². The molecule has 182 valence electrons. The normalized spacial score (nSPS) is 38.2. The van der Waals surface area contributed by atoms with Gasteiger partial charge in [-0.3, -0.25) is 0 Å². The number of hydrogen-bond acceptors (Lipinski definition) is 4. The van der Waals surface area contributed by atoms with Crippen molar-refractivity contribution in [2.75, 3.05) is 7.11 Å². The molecule has 32 heavy (non-hydrogen) atoms. The average molecular weight is 447 g/mol. The number of allylic oxidation sites excluding steroid dienone is 3. The van der Waals surface area contributed by atoms with Crippen LogP contribution in [0.1, 0.15) is 85.5 Å². The van der Waals surface area contributed by atoms with Crippen LogP contribution in [0.3, 0.4) is 0 Å². The Labute approximate surface area is 195 Å². The summed E-state index contributed by atoms with van der Waals surface area (Å²) < 4.78 is 5.94. The molecule has 0 radical (unpaired) electrons. The topological polar surface area (TPSA) is 69.9 Å². The molecule has 3 fully saturated rings. The van der Waals surface area contributed by atoms with E-state index in [1.54, 1.807) is 0 Å². The maximum atomic E-state index is 10.2. The smallest absolute Gasteiger partial charge is 0.0811 e. The molecule has 7 atom stereocenters. The van der Waals surface area contributed by atoms with E-state index in [1.165, 1.54) is 31.3 Å². The minimum Gasteiger partial charge on any atom is -0.393 e. The first-order chi connectivity index (χ1) is 15.0. The summed E-state index contributed by atoms with van der Waals surface area (Å²) in [5.41, 5.74) is 2.89. The molecule has 3 rings (SSSR count). The average Bonchev–Trinajstić information content (AvgIpc) is 3.06. The molecule has 4 nitrogen and oxygen atoms in total. The lowest BCUT2D eigenvalue weighted by Crippen LogP contribution is -2.40. The highest BCUT2D eigenvalue weighted by atomic mass is 16.5. The van der Waals surface area contributed by atoms with Gasteiger partial charge in [-0.1, -0.05) is 38.2 Å². The molecule has 3 aliphatic carbocycles. The van der Waals surface area contributed by atoms with Crippen molar-refractivity contribution in [1.29, 1.82) is 0 Å². The predicted molar refractivity (Wildman–Crippen MR) is 130 cm³/mol. The Kier molecular flexibility index (Phi) is 8.13. The fourth-order valence-electron chi connectivity index (χ4n) is 6.96. The molecule has 0 aromatic carbocycles. The highest BCUT2D eigenvalue weighted by Crippen LogP contribution is 2.60. The van der Waals surface area contributed by atoms with Gasteiger partial charge in [-0.2, -0.15) is 0 Å². The molecular weight excluding hydrogens is 400 g/mol. The maximum Gasteiger partial charge on any atom is 0.0811 e. The van der Waals surface area contributed by atoms with E-state index >= 15 is 0 Å². The van der Waals surface area contributed by atoms with E-state index in [1.807, 2.05) is 21.0 Å². The lowest BCUT2D eigenvalue weighted by Gasteiger charge is -2.45. The van der Waals surface area contributed by atoms with E-state index in [9.17, 15) is 15.3 Å². The first-order valence-corrected chi connectivity index (χ1v) is 12.7. The number of aliphatic hydroxyl groups excluding tert-OH is 2. The second-order valence-corrected chi connectivity index (χ2v) is 11.6. The maximum absolute atomic E-state index is 10.2. The van der Waals surface area contributed by atoms with Crippen molar-refractivity contribution in [3.63, 3.8) is 0 Å². The number of methoxy groups -OCH3 is 1. The number of aliphatic hydroxyl groups is 3. The molecule has 0 aromatic rings. The van der Waals surface area contributed by atoms with Gasteiger partial charge in [0.2, 0.25) is 0 Å². The molecule has 0 amide bonds. The molecule has 1 unspecified atom stereocenters. The van der Waals surface area contributed by atoms with E-state index in [0.717, 1.165) is 30.4 Å². The molecule has 0 saturated heterocycles. The Hall–Kier alpha value is -0.940. The molecule has 0 spiro atoms. The monoisotopic (exact) mass is 446 g/mol. The van der Waals surface area contributed by atoms with Gasteiger partial charge in [-0.05, 0) is 99.5 Å². The van der Waals surface area contributed by atoms with Crippen molar-refractivity contribution < 1.29 is 20.1 Å². The van der Waals surface area contributed by atoms with Crippen molar-refractivity contribution in [3.05, 3.63) is 35.5 Å². The summed E-state index contributed by atoms with van der Waals surface area (Å²) in [5.74, 6) is 1.65. The number of fused-ring (bicyclic) bond motifs is 1. The third-order valence-corrected chi connectivity index (χ3v) is 8.87. The third-order valence-electron chi connectivity index (χ3n) is 8.87. The largest absolute Gasteiger partial charge is 0.393 e. The molecule has 0 heterocycles. The van der Waals surface area contributed by atoms with Gasteiger partial charge < -0.3 is 20.1 Å². The van der Waals surface area contributed by atoms with Crippen molar-refractivity contribution in [2.24, 2.45) is 23.2 Å². The van der Waals surface area contributed by atoms with Crippen LogP contribution in [0.2, 0.25) is 0 Å². The minimum atomic E-state index is -0.656. The third kappa shape index (κ3) is 5.58. The zero-order chi connectivity index (χ0) is 23.7. The van der Waals surface area contributed by atoms with Crippen LogP contribution >= 0.6 is 0 Å². The van der Waals surface area contributed by atoms with Crippen LogP contribution in [-0.2, 0) is 4.74 Å². The van der Waals surface area contributed by atoms with Gasteiger partial charge in [-0.25, -0.2) is 0 Å². The van der Waals surface area contributed by atoms with Gasteiger partial charge in [0.25, 0.3) is 0 Å². The Balaban J connectivity index is 1.76. The van der Waals surface area contributed by atoms with Crippen molar-refractivity contribution in [1.82, 2.24) is 0 Å². The van der Waals surface area contributed by atoms with Crippen LogP contribution in [0.25, 0.3) is 0 Å². The fourth-order valence-corrected chi connectivity index (χ4v) is 6.96. The van der Waals surface area contributed by atoms with Crippen LogP contribution in [0, 0.1) is 23.2 Å². The number of rotatable bonds is 7. The summed E-state index contributed by atoms with van der Waals surface area (Å²) in [6.45, 7) is 12.7. The standard InChI is InChI=1S/C28H46O4/c1-18-21(16-22(29)17-25(18)30)10-9-20-8-7-14-28(5)23(11-12-24(20)28)19(2)26(32-6)13-15-27(3,4)31/h9-10,19,22-26,29-31H,1,7-8,11-17H2,2-6H3/t19-,22+,23+,24?,25-,26+,28+/m0/s1. The van der Waals surface area contributed by atoms with Gasteiger partial charge in [0, 0.05) is 13.5 Å². The molecule has 0 aromatic heterocycles. The van der Waals surface area contributed by atoms with Gasteiger partial charge in [0.15, 0.2) is 0 Å².